The molecule has 3 nitrogen and oxygen atoms in total. The van der Waals surface area contributed by atoms with Crippen molar-refractivity contribution in [2.75, 3.05) is 13.1 Å². The Balaban J connectivity index is 1.81. The number of hydrogen-bond donors (Lipinski definition) is 0. The van der Waals surface area contributed by atoms with Gasteiger partial charge in [-0.15, -0.1) is 0 Å². The minimum atomic E-state index is 0.311. The number of aromatic nitrogens is 1. The van der Waals surface area contributed by atoms with E-state index in [0.29, 0.717) is 24.2 Å². The molecule has 1 amide bonds. The van der Waals surface area contributed by atoms with Crippen molar-refractivity contribution in [2.24, 2.45) is 5.92 Å². The third kappa shape index (κ3) is 3.09. The first-order chi connectivity index (χ1) is 8.56. The minimum Gasteiger partial charge on any atom is -0.341 e. The molecule has 98 valence electrons. The van der Waals surface area contributed by atoms with Crippen LogP contribution in [0.1, 0.15) is 43.9 Å². The number of nitrogens with zero attached hydrogens (tertiary/aromatic N) is 2. The van der Waals surface area contributed by atoms with Crippen molar-refractivity contribution < 1.29 is 4.79 Å². The Labute approximate surface area is 109 Å². The van der Waals surface area contributed by atoms with Crippen molar-refractivity contribution in [3.05, 3.63) is 29.6 Å². The molecule has 18 heavy (non-hydrogen) atoms. The molecule has 3 heteroatoms. The van der Waals surface area contributed by atoms with Gasteiger partial charge in [0, 0.05) is 37.3 Å². The second-order valence-corrected chi connectivity index (χ2v) is 5.66. The van der Waals surface area contributed by atoms with Gasteiger partial charge >= 0.3 is 0 Å². The van der Waals surface area contributed by atoms with Crippen molar-refractivity contribution in [1.29, 1.82) is 0 Å². The molecule has 0 unspecified atom stereocenters. The predicted octanol–water partition coefficient (Wildman–Crippen LogP) is 2.75. The zero-order valence-corrected chi connectivity index (χ0v) is 11.5. The third-order valence-corrected chi connectivity index (χ3v) is 3.56. The van der Waals surface area contributed by atoms with Gasteiger partial charge in [0.2, 0.25) is 5.91 Å². The van der Waals surface area contributed by atoms with Gasteiger partial charge in [-0.1, -0.05) is 13.8 Å². The second-order valence-electron chi connectivity index (χ2n) is 5.66. The van der Waals surface area contributed by atoms with Gasteiger partial charge in [-0.05, 0) is 37.0 Å². The first-order valence-corrected chi connectivity index (χ1v) is 6.76. The highest BCUT2D eigenvalue weighted by Crippen LogP contribution is 2.27. The van der Waals surface area contributed by atoms with Crippen LogP contribution in [0.15, 0.2) is 18.3 Å². The lowest BCUT2D eigenvalue weighted by Gasteiger charge is -2.39. The molecule has 0 aliphatic carbocycles. The molecule has 0 spiro atoms. The summed E-state index contributed by atoms with van der Waals surface area (Å²) in [5, 5.41) is 0. The van der Waals surface area contributed by atoms with E-state index in [4.69, 9.17) is 0 Å². The van der Waals surface area contributed by atoms with Crippen LogP contribution < -0.4 is 0 Å². The van der Waals surface area contributed by atoms with Gasteiger partial charge in [0.05, 0.1) is 0 Å². The van der Waals surface area contributed by atoms with Crippen LogP contribution in [-0.2, 0) is 4.79 Å². The van der Waals surface area contributed by atoms with Crippen LogP contribution in [0.25, 0.3) is 0 Å². The summed E-state index contributed by atoms with van der Waals surface area (Å²) in [6.07, 6.45) is 3.54. The summed E-state index contributed by atoms with van der Waals surface area (Å²) in [7, 11) is 0. The largest absolute Gasteiger partial charge is 0.341 e. The van der Waals surface area contributed by atoms with E-state index < -0.39 is 0 Å². The molecule has 1 aliphatic heterocycles. The van der Waals surface area contributed by atoms with Crippen molar-refractivity contribution in [1.82, 2.24) is 9.88 Å². The molecule has 0 bridgehead atoms. The Morgan fingerprint density at radius 2 is 2.22 bits per heavy atom. The van der Waals surface area contributed by atoms with Crippen LogP contribution in [0.2, 0.25) is 0 Å². The number of carbonyl (C=O) groups is 1. The van der Waals surface area contributed by atoms with E-state index in [1.165, 1.54) is 5.56 Å². The highest BCUT2D eigenvalue weighted by atomic mass is 16.2. The fourth-order valence-electron chi connectivity index (χ4n) is 2.28. The Hall–Kier alpha value is -1.38. The smallest absolute Gasteiger partial charge is 0.222 e. The van der Waals surface area contributed by atoms with E-state index in [9.17, 15) is 4.79 Å². The van der Waals surface area contributed by atoms with Gasteiger partial charge in [0.25, 0.3) is 0 Å². The zero-order valence-electron chi connectivity index (χ0n) is 11.5. The normalized spacial score (nSPS) is 15.9. The lowest BCUT2D eigenvalue weighted by molar-refractivity contribution is -0.135. The van der Waals surface area contributed by atoms with Crippen LogP contribution in [0.3, 0.4) is 0 Å². The van der Waals surface area contributed by atoms with Gasteiger partial charge in [-0.3, -0.25) is 9.78 Å². The van der Waals surface area contributed by atoms with E-state index in [0.717, 1.165) is 25.2 Å². The molecular weight excluding hydrogens is 224 g/mol. The summed E-state index contributed by atoms with van der Waals surface area (Å²) in [5.74, 6) is 1.43. The Morgan fingerprint density at radius 1 is 1.50 bits per heavy atom. The molecule has 0 atom stereocenters. The molecule has 1 aromatic rings. The van der Waals surface area contributed by atoms with Crippen LogP contribution in [0, 0.1) is 12.8 Å². The number of pyridine rings is 1. The number of hydrogen-bond acceptors (Lipinski definition) is 2. The van der Waals surface area contributed by atoms with E-state index >= 15 is 0 Å². The molecule has 1 fully saturated rings. The third-order valence-electron chi connectivity index (χ3n) is 3.56. The summed E-state index contributed by atoms with van der Waals surface area (Å²) in [6.45, 7) is 8.08. The lowest BCUT2D eigenvalue weighted by atomic mass is 9.91. The predicted molar refractivity (Wildman–Crippen MR) is 72.4 cm³/mol. The summed E-state index contributed by atoms with van der Waals surface area (Å²) >= 11 is 0. The van der Waals surface area contributed by atoms with Crippen molar-refractivity contribution >= 4 is 5.91 Å². The number of aryl methyl sites for hydroxylation is 1. The first kappa shape index (κ1) is 13.1. The molecule has 1 saturated heterocycles. The van der Waals surface area contributed by atoms with Crippen molar-refractivity contribution in [3.8, 4) is 0 Å². The Morgan fingerprint density at radius 3 is 2.83 bits per heavy atom. The molecule has 0 N–H and O–H groups in total. The first-order valence-electron chi connectivity index (χ1n) is 6.76. The Bertz CT molecular complexity index is 422. The molecule has 0 aromatic carbocycles. The van der Waals surface area contributed by atoms with Crippen LogP contribution in [0.4, 0.5) is 0 Å². The Kier molecular flexibility index (Phi) is 4.00. The van der Waals surface area contributed by atoms with Crippen molar-refractivity contribution in [2.45, 2.75) is 39.5 Å². The number of likely N-dealkylation sites (tertiary alicyclic amines) is 1. The van der Waals surface area contributed by atoms with Crippen LogP contribution in [-0.4, -0.2) is 28.9 Å². The minimum absolute atomic E-state index is 0.311. The lowest BCUT2D eigenvalue weighted by Crippen LogP contribution is -2.48. The van der Waals surface area contributed by atoms with Gasteiger partial charge in [0.1, 0.15) is 0 Å². The summed E-state index contributed by atoms with van der Waals surface area (Å²) in [6, 6.07) is 4.19. The molecule has 2 rings (SSSR count). The molecular formula is C15H22N2O. The average molecular weight is 246 g/mol. The topological polar surface area (TPSA) is 33.2 Å². The fourth-order valence-corrected chi connectivity index (χ4v) is 2.28. The summed E-state index contributed by atoms with van der Waals surface area (Å²) in [4.78, 5) is 18.1. The SMILES string of the molecule is Cc1cc(C2CN(C(=O)CCC(C)C)C2)ccn1. The monoisotopic (exact) mass is 246 g/mol. The summed E-state index contributed by atoms with van der Waals surface area (Å²) < 4.78 is 0. The molecule has 0 saturated carbocycles. The highest BCUT2D eigenvalue weighted by Gasteiger charge is 2.31. The van der Waals surface area contributed by atoms with Crippen LogP contribution >= 0.6 is 0 Å². The fraction of sp³-hybridized carbons (Fsp3) is 0.600. The second kappa shape index (κ2) is 5.51. The quantitative estimate of drug-likeness (QED) is 0.818. The molecule has 1 aromatic heterocycles. The van der Waals surface area contributed by atoms with Gasteiger partial charge in [0.15, 0.2) is 0 Å². The van der Waals surface area contributed by atoms with Crippen LogP contribution in [0.5, 0.6) is 0 Å². The van der Waals surface area contributed by atoms with E-state index in [2.05, 4.69) is 31.0 Å². The number of amides is 1. The zero-order chi connectivity index (χ0) is 13.1. The van der Waals surface area contributed by atoms with Gasteiger partial charge in [-0.25, -0.2) is 0 Å². The maximum atomic E-state index is 11.9. The molecule has 1 aliphatic rings. The standard InChI is InChI=1S/C15H22N2O/c1-11(2)4-5-15(18)17-9-14(10-17)13-6-7-16-12(3)8-13/h6-8,11,14H,4-5,9-10H2,1-3H3. The molecule has 0 radical (unpaired) electrons. The maximum Gasteiger partial charge on any atom is 0.222 e. The van der Waals surface area contributed by atoms with Gasteiger partial charge < -0.3 is 4.90 Å². The number of rotatable bonds is 4. The van der Waals surface area contributed by atoms with E-state index in [1.807, 2.05) is 18.0 Å². The molecule has 2 heterocycles. The average Bonchev–Trinajstić information content (AvgIpc) is 2.24. The van der Waals surface area contributed by atoms with Gasteiger partial charge in [-0.2, -0.15) is 0 Å². The highest BCUT2D eigenvalue weighted by molar-refractivity contribution is 5.77. The number of carbonyl (C=O) groups excluding carboxylic acids is 1. The summed E-state index contributed by atoms with van der Waals surface area (Å²) in [5.41, 5.74) is 2.37. The van der Waals surface area contributed by atoms with E-state index in [-0.39, 0.29) is 0 Å². The van der Waals surface area contributed by atoms with Crippen molar-refractivity contribution in [3.63, 3.8) is 0 Å². The maximum absolute atomic E-state index is 11.9. The van der Waals surface area contributed by atoms with E-state index in [1.54, 1.807) is 0 Å².